The summed E-state index contributed by atoms with van der Waals surface area (Å²) in [5, 5.41) is 5.21. The van der Waals surface area contributed by atoms with E-state index >= 15 is 0 Å². The molecule has 1 aliphatic heterocycles. The molecule has 1 aromatic carbocycles. The smallest absolute Gasteiger partial charge is 0.254 e. The number of thiazole rings is 1. The molecule has 29 heavy (non-hydrogen) atoms. The van der Waals surface area contributed by atoms with Gasteiger partial charge in [0, 0.05) is 24.1 Å². The number of anilines is 1. The van der Waals surface area contributed by atoms with Crippen LogP contribution in [0.2, 0.25) is 0 Å². The molecule has 3 rings (SSSR count). The van der Waals surface area contributed by atoms with Crippen molar-refractivity contribution in [3.8, 4) is 0 Å². The van der Waals surface area contributed by atoms with Crippen LogP contribution in [0.3, 0.4) is 0 Å². The molecule has 1 aliphatic rings. The van der Waals surface area contributed by atoms with E-state index in [0.29, 0.717) is 23.8 Å². The Kier molecular flexibility index (Phi) is 6.70. The minimum atomic E-state index is -0.253. The number of carbonyl (C=O) groups is 2. The number of hydrogen-bond donors (Lipinski definition) is 1. The summed E-state index contributed by atoms with van der Waals surface area (Å²) in [6.07, 6.45) is 1.86. The Hall–Kier alpha value is -2.25. The van der Waals surface area contributed by atoms with Crippen molar-refractivity contribution in [2.45, 2.75) is 52.1 Å². The lowest BCUT2D eigenvalue weighted by molar-refractivity contribution is -0.117. The topological polar surface area (TPSA) is 71.5 Å². The number of benzene rings is 1. The lowest BCUT2D eigenvalue weighted by Crippen LogP contribution is -2.42. The van der Waals surface area contributed by atoms with Gasteiger partial charge < -0.3 is 15.0 Å². The van der Waals surface area contributed by atoms with Gasteiger partial charge in [0.2, 0.25) is 5.91 Å². The van der Waals surface area contributed by atoms with Crippen molar-refractivity contribution >= 4 is 28.3 Å². The Morgan fingerprint density at radius 2 is 2.00 bits per heavy atom. The number of hydrogen-bond acceptors (Lipinski definition) is 5. The van der Waals surface area contributed by atoms with Crippen LogP contribution < -0.4 is 5.32 Å². The van der Waals surface area contributed by atoms with Gasteiger partial charge in [0.25, 0.3) is 5.91 Å². The van der Waals surface area contributed by atoms with E-state index < -0.39 is 0 Å². The predicted octanol–water partition coefficient (Wildman–Crippen LogP) is 4.01. The van der Waals surface area contributed by atoms with Crippen molar-refractivity contribution in [2.24, 2.45) is 0 Å². The van der Waals surface area contributed by atoms with Crippen LogP contribution >= 0.6 is 11.3 Å². The third kappa shape index (κ3) is 5.87. The number of aryl methyl sites for hydroxylation is 1. The maximum atomic E-state index is 13.2. The molecule has 1 unspecified atom stereocenters. The lowest BCUT2D eigenvalue weighted by atomic mass is 9.86. The zero-order valence-electron chi connectivity index (χ0n) is 17.5. The number of aromatic nitrogens is 1. The number of amides is 2. The Morgan fingerprint density at radius 3 is 2.55 bits per heavy atom. The van der Waals surface area contributed by atoms with Gasteiger partial charge >= 0.3 is 0 Å². The highest BCUT2D eigenvalue weighted by molar-refractivity contribution is 7.13. The first-order valence-corrected chi connectivity index (χ1v) is 10.8. The largest absolute Gasteiger partial charge is 0.376 e. The molecular formula is C22H29N3O3S. The molecule has 6 nitrogen and oxygen atoms in total. The van der Waals surface area contributed by atoms with E-state index in [-0.39, 0.29) is 29.9 Å². The van der Waals surface area contributed by atoms with Crippen molar-refractivity contribution in [3.63, 3.8) is 0 Å². The van der Waals surface area contributed by atoms with E-state index in [2.05, 4.69) is 31.1 Å². The van der Waals surface area contributed by atoms with E-state index in [9.17, 15) is 9.59 Å². The second-order valence-corrected chi connectivity index (χ2v) is 9.35. The third-order valence-electron chi connectivity index (χ3n) is 4.93. The predicted molar refractivity (Wildman–Crippen MR) is 116 cm³/mol. The van der Waals surface area contributed by atoms with Gasteiger partial charge in [-0.25, -0.2) is 4.98 Å². The molecule has 1 saturated heterocycles. The summed E-state index contributed by atoms with van der Waals surface area (Å²) in [5.41, 5.74) is 2.62. The zero-order valence-corrected chi connectivity index (χ0v) is 18.3. The van der Waals surface area contributed by atoms with Gasteiger partial charge in [-0.15, -0.1) is 11.3 Å². The first-order valence-electron chi connectivity index (χ1n) is 9.96. The summed E-state index contributed by atoms with van der Waals surface area (Å²) in [4.78, 5) is 31.5. The molecule has 1 fully saturated rings. The van der Waals surface area contributed by atoms with Crippen LogP contribution in [0.15, 0.2) is 29.6 Å². The minimum absolute atomic E-state index is 0.0185. The first kappa shape index (κ1) is 21.5. The first-order chi connectivity index (χ1) is 13.7. The van der Waals surface area contributed by atoms with Gasteiger partial charge in [0.05, 0.1) is 11.8 Å². The van der Waals surface area contributed by atoms with Crippen molar-refractivity contribution in [3.05, 3.63) is 46.5 Å². The highest BCUT2D eigenvalue weighted by atomic mass is 32.1. The van der Waals surface area contributed by atoms with Crippen molar-refractivity contribution < 1.29 is 14.3 Å². The van der Waals surface area contributed by atoms with Crippen LogP contribution in [0.5, 0.6) is 0 Å². The molecule has 0 aliphatic carbocycles. The van der Waals surface area contributed by atoms with Crippen LogP contribution in [-0.4, -0.2) is 47.5 Å². The summed E-state index contributed by atoms with van der Waals surface area (Å²) in [7, 11) is 0. The molecule has 0 radical (unpaired) electrons. The van der Waals surface area contributed by atoms with Gasteiger partial charge in [-0.2, -0.15) is 0 Å². The van der Waals surface area contributed by atoms with Crippen molar-refractivity contribution in [1.29, 1.82) is 0 Å². The van der Waals surface area contributed by atoms with E-state index in [1.807, 2.05) is 36.6 Å². The summed E-state index contributed by atoms with van der Waals surface area (Å²) in [5.74, 6) is -0.413. The Balaban J connectivity index is 1.73. The Morgan fingerprint density at radius 1 is 1.28 bits per heavy atom. The van der Waals surface area contributed by atoms with Crippen molar-refractivity contribution in [1.82, 2.24) is 9.88 Å². The average molecular weight is 416 g/mol. The SMILES string of the molecule is Cc1csc(NC(=O)CN(CC2CCCO2)C(=O)c2ccc(C(C)(C)C)cc2)n1. The van der Waals surface area contributed by atoms with E-state index in [0.717, 1.165) is 24.1 Å². The molecule has 7 heteroatoms. The highest BCUT2D eigenvalue weighted by Gasteiger charge is 2.26. The van der Waals surface area contributed by atoms with Crippen LogP contribution in [0.25, 0.3) is 0 Å². The molecule has 0 bridgehead atoms. The van der Waals surface area contributed by atoms with Crippen LogP contribution in [0.4, 0.5) is 5.13 Å². The van der Waals surface area contributed by atoms with Gasteiger partial charge in [-0.3, -0.25) is 9.59 Å². The summed E-state index contributed by atoms with van der Waals surface area (Å²) in [6.45, 7) is 9.37. The molecule has 0 saturated carbocycles. The van der Waals surface area contributed by atoms with E-state index in [1.165, 1.54) is 11.3 Å². The standard InChI is InChI=1S/C22H29N3O3S/c1-15-14-29-21(23-15)24-19(26)13-25(12-18-6-5-11-28-18)20(27)16-7-9-17(10-8-16)22(2,3)4/h7-10,14,18H,5-6,11-13H2,1-4H3,(H,23,24,26). The number of carbonyl (C=O) groups excluding carboxylic acids is 2. The summed E-state index contributed by atoms with van der Waals surface area (Å²) in [6, 6.07) is 7.65. The van der Waals surface area contributed by atoms with Gasteiger partial charge in [-0.1, -0.05) is 32.9 Å². The fourth-order valence-electron chi connectivity index (χ4n) is 3.29. The molecule has 0 spiro atoms. The number of rotatable bonds is 6. The van der Waals surface area contributed by atoms with Gasteiger partial charge in [0.15, 0.2) is 5.13 Å². The lowest BCUT2D eigenvalue weighted by Gasteiger charge is -2.25. The quantitative estimate of drug-likeness (QED) is 0.774. The molecule has 2 heterocycles. The van der Waals surface area contributed by atoms with E-state index in [1.54, 1.807) is 4.90 Å². The fourth-order valence-corrected chi connectivity index (χ4v) is 4.00. The second kappa shape index (κ2) is 9.05. The molecule has 2 aromatic rings. The maximum absolute atomic E-state index is 13.2. The fraction of sp³-hybridized carbons (Fsp3) is 0.500. The highest BCUT2D eigenvalue weighted by Crippen LogP contribution is 2.23. The third-order valence-corrected chi connectivity index (χ3v) is 5.81. The average Bonchev–Trinajstić information content (AvgIpc) is 3.31. The minimum Gasteiger partial charge on any atom is -0.376 e. The number of nitrogens with zero attached hydrogens (tertiary/aromatic N) is 2. The van der Waals surface area contributed by atoms with Gasteiger partial charge in [0.1, 0.15) is 6.54 Å². The van der Waals surface area contributed by atoms with Crippen LogP contribution in [-0.2, 0) is 14.9 Å². The monoisotopic (exact) mass is 415 g/mol. The molecule has 156 valence electrons. The number of nitrogens with one attached hydrogen (secondary N) is 1. The second-order valence-electron chi connectivity index (χ2n) is 8.49. The zero-order chi connectivity index (χ0) is 21.0. The molecule has 1 atom stereocenters. The summed E-state index contributed by atoms with van der Waals surface area (Å²) < 4.78 is 5.70. The maximum Gasteiger partial charge on any atom is 0.254 e. The molecule has 2 amide bonds. The van der Waals surface area contributed by atoms with Crippen LogP contribution in [0, 0.1) is 6.92 Å². The van der Waals surface area contributed by atoms with Gasteiger partial charge in [-0.05, 0) is 42.9 Å². The molecular weight excluding hydrogens is 386 g/mol. The Labute approximate surface area is 176 Å². The Bertz CT molecular complexity index is 849. The molecule has 1 aromatic heterocycles. The van der Waals surface area contributed by atoms with Crippen LogP contribution in [0.1, 0.15) is 55.2 Å². The normalized spacial score (nSPS) is 16.6. The summed E-state index contributed by atoms with van der Waals surface area (Å²) >= 11 is 1.38. The molecule has 1 N–H and O–H groups in total. The van der Waals surface area contributed by atoms with E-state index in [4.69, 9.17) is 4.74 Å². The van der Waals surface area contributed by atoms with Crippen molar-refractivity contribution in [2.75, 3.05) is 25.0 Å². The number of ether oxygens (including phenoxy) is 1.